The molecule has 0 saturated carbocycles. The first-order chi connectivity index (χ1) is 8.99. The molecule has 1 aromatic carbocycles. The van der Waals surface area contributed by atoms with E-state index in [9.17, 15) is 9.59 Å². The summed E-state index contributed by atoms with van der Waals surface area (Å²) in [6, 6.07) is 7.18. The molecular formula is C15H19NO3. The Morgan fingerprint density at radius 3 is 2.16 bits per heavy atom. The van der Waals surface area contributed by atoms with Crippen molar-refractivity contribution in [3.63, 3.8) is 0 Å². The molecule has 1 amide bonds. The van der Waals surface area contributed by atoms with Crippen LogP contribution >= 0.6 is 0 Å². The van der Waals surface area contributed by atoms with E-state index in [1.165, 1.54) is 11.1 Å². The van der Waals surface area contributed by atoms with Gasteiger partial charge in [0.05, 0.1) is 0 Å². The number of hydrogen-bond acceptors (Lipinski definition) is 2. The lowest BCUT2D eigenvalue weighted by Gasteiger charge is -2.20. The molecule has 4 heteroatoms. The molecule has 0 aliphatic heterocycles. The number of amides is 1. The molecule has 102 valence electrons. The summed E-state index contributed by atoms with van der Waals surface area (Å²) in [7, 11) is 0. The summed E-state index contributed by atoms with van der Waals surface area (Å²) in [6.45, 7) is 3.59. The van der Waals surface area contributed by atoms with E-state index < -0.39 is 12.0 Å². The van der Waals surface area contributed by atoms with Crippen LogP contribution < -0.4 is 5.32 Å². The molecule has 1 atom stereocenters. The van der Waals surface area contributed by atoms with E-state index >= 15 is 0 Å². The molecule has 0 fully saturated rings. The molecule has 4 nitrogen and oxygen atoms in total. The smallest absolute Gasteiger partial charge is 0.326 e. The first-order valence-electron chi connectivity index (χ1n) is 6.59. The fraction of sp³-hybridized carbons (Fsp3) is 0.467. The number of rotatable bonds is 4. The average Bonchev–Trinajstić information content (AvgIpc) is 2.78. The number of benzene rings is 1. The number of carboxylic acid groups (broad SMARTS) is 1. The minimum absolute atomic E-state index is 0.120. The van der Waals surface area contributed by atoms with Gasteiger partial charge in [-0.15, -0.1) is 0 Å². The predicted molar refractivity (Wildman–Crippen MR) is 71.7 cm³/mol. The van der Waals surface area contributed by atoms with Crippen molar-refractivity contribution in [3.05, 3.63) is 35.4 Å². The summed E-state index contributed by atoms with van der Waals surface area (Å²) in [5, 5.41) is 11.7. The highest BCUT2D eigenvalue weighted by Gasteiger charge is 2.31. The lowest BCUT2D eigenvalue weighted by atomic mass is 10.0. The van der Waals surface area contributed by atoms with E-state index in [1.54, 1.807) is 13.8 Å². The number of hydrogen-bond donors (Lipinski definition) is 2. The highest BCUT2D eigenvalue weighted by Crippen LogP contribution is 2.26. The molecule has 0 saturated heterocycles. The minimum atomic E-state index is -0.973. The van der Waals surface area contributed by atoms with Crippen LogP contribution in [0.1, 0.15) is 25.0 Å². The molecule has 0 unspecified atom stereocenters. The largest absolute Gasteiger partial charge is 0.480 e. The predicted octanol–water partition coefficient (Wildman–Crippen LogP) is 1.63. The van der Waals surface area contributed by atoms with Crippen LogP contribution in [0.15, 0.2) is 24.3 Å². The average molecular weight is 261 g/mol. The molecule has 0 bridgehead atoms. The van der Waals surface area contributed by atoms with Crippen molar-refractivity contribution in [3.8, 4) is 0 Å². The van der Waals surface area contributed by atoms with E-state index in [4.69, 9.17) is 5.11 Å². The highest BCUT2D eigenvalue weighted by atomic mass is 16.4. The van der Waals surface area contributed by atoms with Crippen molar-refractivity contribution >= 4 is 11.9 Å². The van der Waals surface area contributed by atoms with Crippen molar-refractivity contribution in [2.45, 2.75) is 32.7 Å². The molecular weight excluding hydrogens is 242 g/mol. The van der Waals surface area contributed by atoms with Crippen LogP contribution in [-0.4, -0.2) is 23.0 Å². The standard InChI is InChI=1S/C15H19NO3/c1-9(2)13(15(18)19)16-14(17)12-7-10-5-3-4-6-11(10)8-12/h3-6,9,12-13H,7-8H2,1-2H3,(H,16,17)(H,18,19)/t13-/m1/s1. The maximum atomic E-state index is 12.2. The monoisotopic (exact) mass is 261 g/mol. The third kappa shape index (κ3) is 2.95. The van der Waals surface area contributed by atoms with Crippen molar-refractivity contribution < 1.29 is 14.7 Å². The molecule has 2 rings (SSSR count). The van der Waals surface area contributed by atoms with Crippen molar-refractivity contribution in [1.29, 1.82) is 0 Å². The van der Waals surface area contributed by atoms with E-state index in [2.05, 4.69) is 5.32 Å². The number of carbonyl (C=O) groups is 2. The topological polar surface area (TPSA) is 66.4 Å². The maximum Gasteiger partial charge on any atom is 0.326 e. The number of carbonyl (C=O) groups excluding carboxylic acids is 1. The van der Waals surface area contributed by atoms with Gasteiger partial charge in [0, 0.05) is 5.92 Å². The second-order valence-electron chi connectivity index (χ2n) is 5.44. The Hall–Kier alpha value is -1.84. The van der Waals surface area contributed by atoms with Gasteiger partial charge >= 0.3 is 5.97 Å². The normalized spacial score (nSPS) is 16.2. The molecule has 1 aliphatic rings. The van der Waals surface area contributed by atoms with Gasteiger partial charge in [0.1, 0.15) is 6.04 Å². The fourth-order valence-electron chi connectivity index (χ4n) is 2.53. The fourth-order valence-corrected chi connectivity index (χ4v) is 2.53. The molecule has 2 N–H and O–H groups in total. The summed E-state index contributed by atoms with van der Waals surface area (Å²) in [4.78, 5) is 23.3. The zero-order valence-corrected chi connectivity index (χ0v) is 11.2. The molecule has 1 aromatic rings. The zero-order chi connectivity index (χ0) is 14.0. The van der Waals surface area contributed by atoms with E-state index in [-0.39, 0.29) is 17.7 Å². The third-order valence-corrected chi connectivity index (χ3v) is 3.65. The number of nitrogens with one attached hydrogen (secondary N) is 1. The Morgan fingerprint density at radius 2 is 1.74 bits per heavy atom. The molecule has 19 heavy (non-hydrogen) atoms. The SMILES string of the molecule is CC(C)[C@@H](NC(=O)C1Cc2ccccc2C1)C(=O)O. The maximum absolute atomic E-state index is 12.2. The van der Waals surface area contributed by atoms with Crippen molar-refractivity contribution in [2.75, 3.05) is 0 Å². The van der Waals surface area contributed by atoms with Crippen LogP contribution in [0.2, 0.25) is 0 Å². The van der Waals surface area contributed by atoms with Gasteiger partial charge in [-0.1, -0.05) is 38.1 Å². The second kappa shape index (κ2) is 5.43. The van der Waals surface area contributed by atoms with Gasteiger partial charge in [-0.3, -0.25) is 4.79 Å². The van der Waals surface area contributed by atoms with Crippen LogP contribution in [0, 0.1) is 11.8 Å². The van der Waals surface area contributed by atoms with Crippen molar-refractivity contribution in [1.82, 2.24) is 5.32 Å². The van der Waals surface area contributed by atoms with Gasteiger partial charge in [0.15, 0.2) is 0 Å². The Bertz CT molecular complexity index is 471. The van der Waals surface area contributed by atoms with Gasteiger partial charge in [-0.25, -0.2) is 4.79 Å². The highest BCUT2D eigenvalue weighted by molar-refractivity contribution is 5.86. The molecule has 0 radical (unpaired) electrons. The van der Waals surface area contributed by atoms with Gasteiger partial charge < -0.3 is 10.4 Å². The van der Waals surface area contributed by atoms with Crippen molar-refractivity contribution in [2.24, 2.45) is 11.8 Å². The summed E-state index contributed by atoms with van der Waals surface area (Å²) in [5.41, 5.74) is 2.39. The summed E-state index contributed by atoms with van der Waals surface area (Å²) < 4.78 is 0. The van der Waals surface area contributed by atoms with Crippen LogP contribution in [-0.2, 0) is 22.4 Å². The minimum Gasteiger partial charge on any atom is -0.480 e. The molecule has 1 aliphatic carbocycles. The quantitative estimate of drug-likeness (QED) is 0.865. The molecule has 0 heterocycles. The van der Waals surface area contributed by atoms with Gasteiger partial charge in [-0.2, -0.15) is 0 Å². The first kappa shape index (κ1) is 13.6. The number of aliphatic carboxylic acids is 1. The summed E-state index contributed by atoms with van der Waals surface area (Å²) in [5.74, 6) is -1.39. The first-order valence-corrected chi connectivity index (χ1v) is 6.59. The zero-order valence-electron chi connectivity index (χ0n) is 11.2. The lowest BCUT2D eigenvalue weighted by molar-refractivity contribution is -0.143. The van der Waals surface area contributed by atoms with Crippen LogP contribution in [0.25, 0.3) is 0 Å². The van der Waals surface area contributed by atoms with Crippen LogP contribution in [0.3, 0.4) is 0 Å². The number of carboxylic acids is 1. The van der Waals surface area contributed by atoms with Gasteiger partial charge in [0.25, 0.3) is 0 Å². The number of fused-ring (bicyclic) bond motifs is 1. The Morgan fingerprint density at radius 1 is 1.21 bits per heavy atom. The van der Waals surface area contributed by atoms with E-state index in [1.807, 2.05) is 24.3 Å². The summed E-state index contributed by atoms with van der Waals surface area (Å²) >= 11 is 0. The Kier molecular flexibility index (Phi) is 3.88. The molecule has 0 spiro atoms. The lowest BCUT2D eigenvalue weighted by Crippen LogP contribution is -2.46. The summed E-state index contributed by atoms with van der Waals surface area (Å²) in [6.07, 6.45) is 1.40. The molecule has 0 aromatic heterocycles. The third-order valence-electron chi connectivity index (χ3n) is 3.65. The van der Waals surface area contributed by atoms with E-state index in [0.29, 0.717) is 12.8 Å². The Balaban J connectivity index is 2.01. The second-order valence-corrected chi connectivity index (χ2v) is 5.44. The van der Waals surface area contributed by atoms with Gasteiger partial charge in [0.2, 0.25) is 5.91 Å². The Labute approximate surface area is 112 Å². The van der Waals surface area contributed by atoms with E-state index in [0.717, 1.165) is 0 Å². The van der Waals surface area contributed by atoms with Crippen LogP contribution in [0.5, 0.6) is 0 Å². The van der Waals surface area contributed by atoms with Gasteiger partial charge in [-0.05, 0) is 29.9 Å². The van der Waals surface area contributed by atoms with Crippen LogP contribution in [0.4, 0.5) is 0 Å².